The van der Waals surface area contributed by atoms with E-state index in [1.165, 1.54) is 25.7 Å². The molecule has 1 saturated heterocycles. The fraction of sp³-hybridized carbons (Fsp3) is 0.944. The molecule has 6 nitrogen and oxygen atoms in total. The molecule has 0 amide bonds. The van der Waals surface area contributed by atoms with E-state index in [1.807, 2.05) is 0 Å². The summed E-state index contributed by atoms with van der Waals surface area (Å²) in [4.78, 5) is 6.95. The van der Waals surface area contributed by atoms with Gasteiger partial charge in [0.05, 0.1) is 11.5 Å². The first kappa shape index (κ1) is 22.2. The Morgan fingerprint density at radius 1 is 1.12 bits per heavy atom. The molecule has 1 aliphatic heterocycles. The third kappa shape index (κ3) is 10.0. The topological polar surface area (TPSA) is 73.8 Å². The molecule has 0 spiro atoms. The zero-order chi connectivity index (χ0) is 18.8. The normalized spacial score (nSPS) is 19.0. The van der Waals surface area contributed by atoms with Crippen LogP contribution in [0.3, 0.4) is 0 Å². The number of rotatable bonds is 10. The summed E-state index contributed by atoms with van der Waals surface area (Å²) in [5.74, 6) is 1.43. The Kier molecular flexibility index (Phi) is 9.79. The third-order valence-corrected chi connectivity index (χ3v) is 6.23. The van der Waals surface area contributed by atoms with Crippen molar-refractivity contribution in [2.75, 3.05) is 50.8 Å². The summed E-state index contributed by atoms with van der Waals surface area (Å²) in [6.07, 6.45) is 5.01. The molecule has 7 heteroatoms. The van der Waals surface area contributed by atoms with E-state index in [1.54, 1.807) is 0 Å². The molecule has 1 aliphatic rings. The van der Waals surface area contributed by atoms with Gasteiger partial charge in [-0.1, -0.05) is 40.0 Å². The zero-order valence-electron chi connectivity index (χ0n) is 16.6. The number of hydrogen-bond acceptors (Lipinski definition) is 4. The van der Waals surface area contributed by atoms with Crippen LogP contribution >= 0.6 is 0 Å². The molecule has 0 aliphatic carbocycles. The largest absolute Gasteiger partial charge is 0.357 e. The van der Waals surface area contributed by atoms with E-state index in [4.69, 9.17) is 4.99 Å². The molecule has 148 valence electrons. The van der Waals surface area contributed by atoms with Gasteiger partial charge >= 0.3 is 0 Å². The highest BCUT2D eigenvalue weighted by Crippen LogP contribution is 2.23. The minimum atomic E-state index is -2.80. The fourth-order valence-corrected chi connectivity index (χ4v) is 4.15. The highest BCUT2D eigenvalue weighted by atomic mass is 32.2. The van der Waals surface area contributed by atoms with Gasteiger partial charge in [0.15, 0.2) is 15.8 Å². The van der Waals surface area contributed by atoms with Crippen molar-refractivity contribution >= 4 is 15.8 Å². The van der Waals surface area contributed by atoms with Crippen molar-refractivity contribution in [1.82, 2.24) is 15.5 Å². The van der Waals surface area contributed by atoms with E-state index in [0.29, 0.717) is 13.1 Å². The Balaban J connectivity index is 2.37. The van der Waals surface area contributed by atoms with Gasteiger partial charge in [-0.05, 0) is 18.8 Å². The lowest BCUT2D eigenvalue weighted by Gasteiger charge is -2.27. The molecule has 0 saturated carbocycles. The van der Waals surface area contributed by atoms with Gasteiger partial charge in [0.25, 0.3) is 0 Å². The van der Waals surface area contributed by atoms with Crippen LogP contribution in [0.1, 0.15) is 53.4 Å². The molecule has 2 N–H and O–H groups in total. The minimum absolute atomic E-state index is 0.221. The van der Waals surface area contributed by atoms with Crippen molar-refractivity contribution < 1.29 is 8.42 Å². The van der Waals surface area contributed by atoms with Crippen LogP contribution in [-0.2, 0) is 9.84 Å². The van der Waals surface area contributed by atoms with E-state index in [2.05, 4.69) is 43.2 Å². The highest BCUT2D eigenvalue weighted by Gasteiger charge is 2.21. The molecular weight excluding hydrogens is 336 g/mol. The SMILES string of the molecule is CCCCCC(C)(C)CN=C(NCC)NCCN1CCS(=O)(=O)CC1. The van der Waals surface area contributed by atoms with Gasteiger partial charge in [0.1, 0.15) is 0 Å². The van der Waals surface area contributed by atoms with Crippen LogP contribution in [0, 0.1) is 5.41 Å². The summed E-state index contributed by atoms with van der Waals surface area (Å²) in [7, 11) is -2.80. The number of guanidine groups is 1. The average Bonchev–Trinajstić information content (AvgIpc) is 2.54. The van der Waals surface area contributed by atoms with Crippen molar-refractivity contribution in [2.45, 2.75) is 53.4 Å². The first-order chi connectivity index (χ1) is 11.8. The predicted octanol–water partition coefficient (Wildman–Crippen LogP) is 1.88. The number of sulfone groups is 1. The van der Waals surface area contributed by atoms with E-state index >= 15 is 0 Å². The van der Waals surface area contributed by atoms with Crippen LogP contribution in [0.4, 0.5) is 0 Å². The Morgan fingerprint density at radius 2 is 1.80 bits per heavy atom. The first-order valence-electron chi connectivity index (χ1n) is 9.73. The lowest BCUT2D eigenvalue weighted by molar-refractivity contribution is 0.299. The second kappa shape index (κ2) is 11.0. The first-order valence-corrected chi connectivity index (χ1v) is 11.5. The molecule has 0 aromatic rings. The molecule has 1 rings (SSSR count). The predicted molar refractivity (Wildman–Crippen MR) is 107 cm³/mol. The summed E-state index contributed by atoms with van der Waals surface area (Å²) < 4.78 is 22.9. The molecule has 1 heterocycles. The smallest absolute Gasteiger partial charge is 0.191 e. The Hall–Kier alpha value is -0.820. The van der Waals surface area contributed by atoms with Gasteiger partial charge in [-0.15, -0.1) is 0 Å². The number of aliphatic imine (C=N–C) groups is 1. The maximum atomic E-state index is 11.5. The monoisotopic (exact) mass is 374 g/mol. The molecule has 25 heavy (non-hydrogen) atoms. The average molecular weight is 375 g/mol. The van der Waals surface area contributed by atoms with Gasteiger partial charge < -0.3 is 10.6 Å². The lowest BCUT2D eigenvalue weighted by Crippen LogP contribution is -2.46. The van der Waals surface area contributed by atoms with Crippen LogP contribution < -0.4 is 10.6 Å². The summed E-state index contributed by atoms with van der Waals surface area (Å²) in [6, 6.07) is 0. The van der Waals surface area contributed by atoms with Crippen molar-refractivity contribution in [1.29, 1.82) is 0 Å². The Morgan fingerprint density at radius 3 is 2.40 bits per heavy atom. The van der Waals surface area contributed by atoms with Gasteiger partial charge in [-0.25, -0.2) is 8.42 Å². The molecule has 0 aromatic carbocycles. The van der Waals surface area contributed by atoms with Crippen molar-refractivity contribution in [3.05, 3.63) is 0 Å². The van der Waals surface area contributed by atoms with E-state index in [-0.39, 0.29) is 16.9 Å². The van der Waals surface area contributed by atoms with Crippen molar-refractivity contribution in [3.63, 3.8) is 0 Å². The van der Waals surface area contributed by atoms with Gasteiger partial charge in [-0.2, -0.15) is 0 Å². The van der Waals surface area contributed by atoms with Crippen LogP contribution in [-0.4, -0.2) is 70.1 Å². The minimum Gasteiger partial charge on any atom is -0.357 e. The number of hydrogen-bond donors (Lipinski definition) is 2. The second-order valence-electron chi connectivity index (χ2n) is 7.74. The molecule has 0 unspecified atom stereocenters. The fourth-order valence-electron chi connectivity index (χ4n) is 2.87. The standard InChI is InChI=1S/C18H38N4O2S/c1-5-7-8-9-18(3,4)16-21-17(19-6-2)20-10-11-22-12-14-25(23,24)15-13-22/h5-16H2,1-4H3,(H2,19,20,21). The molecule has 1 fully saturated rings. The third-order valence-electron chi connectivity index (χ3n) is 4.62. The van der Waals surface area contributed by atoms with E-state index in [9.17, 15) is 8.42 Å². The van der Waals surface area contributed by atoms with Gasteiger partial charge in [0, 0.05) is 39.3 Å². The van der Waals surface area contributed by atoms with E-state index in [0.717, 1.165) is 32.1 Å². The zero-order valence-corrected chi connectivity index (χ0v) is 17.4. The maximum Gasteiger partial charge on any atom is 0.191 e. The summed E-state index contributed by atoms with van der Waals surface area (Å²) in [6.45, 7) is 13.4. The summed E-state index contributed by atoms with van der Waals surface area (Å²) in [5, 5.41) is 6.67. The number of unbranched alkanes of at least 4 members (excludes halogenated alkanes) is 2. The molecule has 0 aromatic heterocycles. The van der Waals surface area contributed by atoms with Gasteiger partial charge in [0.2, 0.25) is 0 Å². The summed E-state index contributed by atoms with van der Waals surface area (Å²) in [5.41, 5.74) is 0.221. The number of nitrogens with zero attached hydrogens (tertiary/aromatic N) is 2. The van der Waals surface area contributed by atoms with Crippen LogP contribution in [0.2, 0.25) is 0 Å². The summed E-state index contributed by atoms with van der Waals surface area (Å²) >= 11 is 0. The van der Waals surface area contributed by atoms with Crippen LogP contribution in [0.15, 0.2) is 4.99 Å². The second-order valence-corrected chi connectivity index (χ2v) is 10.0. The van der Waals surface area contributed by atoms with Gasteiger partial charge in [-0.3, -0.25) is 9.89 Å². The Bertz CT molecular complexity index is 489. The lowest BCUT2D eigenvalue weighted by atomic mass is 9.87. The Labute approximate surface area is 154 Å². The molecule has 0 radical (unpaired) electrons. The van der Waals surface area contributed by atoms with E-state index < -0.39 is 9.84 Å². The molecule has 0 bridgehead atoms. The van der Waals surface area contributed by atoms with Crippen LogP contribution in [0.25, 0.3) is 0 Å². The quantitative estimate of drug-likeness (QED) is 0.347. The highest BCUT2D eigenvalue weighted by molar-refractivity contribution is 7.91. The van der Waals surface area contributed by atoms with Crippen molar-refractivity contribution in [3.8, 4) is 0 Å². The number of nitrogens with one attached hydrogen (secondary N) is 2. The maximum absolute atomic E-state index is 11.5. The molecular formula is C18H38N4O2S. The van der Waals surface area contributed by atoms with Crippen molar-refractivity contribution in [2.24, 2.45) is 10.4 Å². The molecule has 0 atom stereocenters. The van der Waals surface area contributed by atoms with Crippen LogP contribution in [0.5, 0.6) is 0 Å².